The summed E-state index contributed by atoms with van der Waals surface area (Å²) < 4.78 is 6.39. The highest BCUT2D eigenvalue weighted by Crippen LogP contribution is 2.45. The van der Waals surface area contributed by atoms with Crippen LogP contribution in [0.3, 0.4) is 0 Å². The van der Waals surface area contributed by atoms with Gasteiger partial charge in [0.25, 0.3) is 0 Å². The van der Waals surface area contributed by atoms with Crippen molar-refractivity contribution in [3.63, 3.8) is 0 Å². The van der Waals surface area contributed by atoms with E-state index in [2.05, 4.69) is 20.9 Å². The molecule has 0 aromatic carbocycles. The van der Waals surface area contributed by atoms with Crippen molar-refractivity contribution in [2.45, 2.75) is 44.7 Å². The molecule has 5 nitrogen and oxygen atoms in total. The van der Waals surface area contributed by atoms with Gasteiger partial charge in [0.2, 0.25) is 0 Å². The molecule has 7 heteroatoms. The largest absolute Gasteiger partial charge is 0.489 e. The van der Waals surface area contributed by atoms with Crippen molar-refractivity contribution in [3.05, 3.63) is 21.9 Å². The molecule has 1 aromatic heterocycles. The van der Waals surface area contributed by atoms with E-state index in [9.17, 15) is 9.90 Å². The molecular weight excluding hydrogens is 360 g/mol. The average Bonchev–Trinajstić information content (AvgIpc) is 3.09. The van der Waals surface area contributed by atoms with Crippen LogP contribution >= 0.6 is 27.5 Å². The predicted octanol–water partition coefficient (Wildman–Crippen LogP) is 4.19. The Morgan fingerprint density at radius 1 is 1.57 bits per heavy atom. The molecule has 1 amide bonds. The lowest BCUT2D eigenvalue weighted by Gasteiger charge is -2.40. The zero-order valence-electron chi connectivity index (χ0n) is 12.2. The second kappa shape index (κ2) is 5.65. The third kappa shape index (κ3) is 3.61. The summed E-state index contributed by atoms with van der Waals surface area (Å²) in [4.78, 5) is 17.1. The molecule has 0 aliphatic heterocycles. The van der Waals surface area contributed by atoms with E-state index >= 15 is 0 Å². The van der Waals surface area contributed by atoms with Gasteiger partial charge in [-0.1, -0.05) is 11.6 Å². The minimum atomic E-state index is -0.918. The van der Waals surface area contributed by atoms with Crippen LogP contribution in [0.1, 0.15) is 33.6 Å². The average molecular weight is 378 g/mol. The van der Waals surface area contributed by atoms with E-state index in [-0.39, 0.29) is 0 Å². The summed E-state index contributed by atoms with van der Waals surface area (Å²) in [6, 6.07) is 1.73. The maximum absolute atomic E-state index is 11.6. The molecule has 0 radical (unpaired) electrons. The monoisotopic (exact) mass is 376 g/mol. The molecule has 0 saturated heterocycles. The molecule has 0 atom stereocenters. The van der Waals surface area contributed by atoms with E-state index in [1.54, 1.807) is 6.07 Å². The van der Waals surface area contributed by atoms with Crippen LogP contribution in [0.25, 0.3) is 0 Å². The van der Waals surface area contributed by atoms with Crippen LogP contribution in [-0.2, 0) is 0 Å². The first-order valence-electron chi connectivity index (χ1n) is 6.63. The molecule has 1 fully saturated rings. The van der Waals surface area contributed by atoms with Crippen molar-refractivity contribution in [2.75, 3.05) is 6.61 Å². The Morgan fingerprint density at radius 2 is 2.19 bits per heavy atom. The van der Waals surface area contributed by atoms with Gasteiger partial charge in [-0.2, -0.15) is 0 Å². The van der Waals surface area contributed by atoms with Gasteiger partial charge in [-0.25, -0.2) is 9.78 Å². The number of halogens is 2. The molecule has 116 valence electrons. The van der Waals surface area contributed by atoms with Crippen LogP contribution in [0.2, 0.25) is 5.15 Å². The fourth-order valence-electron chi connectivity index (χ4n) is 2.48. The fraction of sp³-hybridized carbons (Fsp3) is 0.571. The van der Waals surface area contributed by atoms with Gasteiger partial charge in [0.1, 0.15) is 17.5 Å². The SMILES string of the molecule is CC(C)(C)N(C(=O)O)C1(COc2cnc(Cl)c(Br)c2)CC1. The molecule has 1 aliphatic carbocycles. The number of carboxylic acid groups (broad SMARTS) is 1. The lowest BCUT2D eigenvalue weighted by Crippen LogP contribution is -2.55. The van der Waals surface area contributed by atoms with Gasteiger partial charge in [0.15, 0.2) is 0 Å². The van der Waals surface area contributed by atoms with Gasteiger partial charge >= 0.3 is 6.09 Å². The summed E-state index contributed by atoms with van der Waals surface area (Å²) in [5.41, 5.74) is -0.916. The van der Waals surface area contributed by atoms with Crippen molar-refractivity contribution in [2.24, 2.45) is 0 Å². The highest BCUT2D eigenvalue weighted by atomic mass is 79.9. The second-order valence-corrected chi connectivity index (χ2v) is 7.46. The van der Waals surface area contributed by atoms with Gasteiger partial charge in [-0.05, 0) is 55.6 Å². The normalized spacial score (nSPS) is 16.4. The highest BCUT2D eigenvalue weighted by Gasteiger charge is 2.55. The molecule has 2 rings (SSSR count). The lowest BCUT2D eigenvalue weighted by atomic mass is 10.0. The molecule has 1 heterocycles. The molecule has 21 heavy (non-hydrogen) atoms. The maximum atomic E-state index is 11.6. The van der Waals surface area contributed by atoms with E-state index in [0.717, 1.165) is 12.8 Å². The van der Waals surface area contributed by atoms with Crippen molar-refractivity contribution in [3.8, 4) is 5.75 Å². The van der Waals surface area contributed by atoms with Gasteiger partial charge in [-0.3, -0.25) is 4.90 Å². The molecule has 1 aromatic rings. The number of pyridine rings is 1. The van der Waals surface area contributed by atoms with Gasteiger partial charge < -0.3 is 9.84 Å². The van der Waals surface area contributed by atoms with E-state index in [0.29, 0.717) is 22.0 Å². The first kappa shape index (κ1) is 16.4. The molecule has 0 bridgehead atoms. The first-order chi connectivity index (χ1) is 9.66. The standard InChI is InChI=1S/C14H18BrClN2O3/c1-13(2,3)18(12(19)20)14(4-5-14)8-21-9-6-10(15)11(16)17-7-9/h6-7H,4-5,8H2,1-3H3,(H,19,20). The molecule has 1 saturated carbocycles. The number of amides is 1. The fourth-order valence-corrected chi connectivity index (χ4v) is 2.91. The smallest absolute Gasteiger partial charge is 0.408 e. The summed E-state index contributed by atoms with van der Waals surface area (Å²) in [6.07, 6.45) is 2.22. The predicted molar refractivity (Wildman–Crippen MR) is 84.0 cm³/mol. The van der Waals surface area contributed by atoms with Gasteiger partial charge in [0.05, 0.1) is 16.2 Å². The third-order valence-electron chi connectivity index (χ3n) is 3.44. The molecule has 0 unspecified atom stereocenters. The number of rotatable bonds is 4. The van der Waals surface area contributed by atoms with E-state index in [4.69, 9.17) is 16.3 Å². The van der Waals surface area contributed by atoms with Crippen LogP contribution in [0, 0.1) is 0 Å². The van der Waals surface area contributed by atoms with Crippen molar-refractivity contribution in [1.29, 1.82) is 0 Å². The molecule has 1 aliphatic rings. The van der Waals surface area contributed by atoms with Crippen LogP contribution in [0.4, 0.5) is 4.79 Å². The Hall–Kier alpha value is -1.01. The van der Waals surface area contributed by atoms with Crippen LogP contribution in [0.15, 0.2) is 16.7 Å². The van der Waals surface area contributed by atoms with Gasteiger partial charge in [-0.15, -0.1) is 0 Å². The Labute approximate surface area is 137 Å². The number of hydrogen-bond donors (Lipinski definition) is 1. The van der Waals surface area contributed by atoms with E-state index < -0.39 is 17.2 Å². The highest BCUT2D eigenvalue weighted by molar-refractivity contribution is 9.10. The number of hydrogen-bond acceptors (Lipinski definition) is 3. The topological polar surface area (TPSA) is 62.7 Å². The molecule has 0 spiro atoms. The Kier molecular flexibility index (Phi) is 4.40. The summed E-state index contributed by atoms with van der Waals surface area (Å²) in [6.45, 7) is 5.98. The summed E-state index contributed by atoms with van der Waals surface area (Å²) in [5, 5.41) is 9.86. The zero-order valence-corrected chi connectivity index (χ0v) is 14.5. The summed E-state index contributed by atoms with van der Waals surface area (Å²) in [5.74, 6) is 0.566. The lowest BCUT2D eigenvalue weighted by molar-refractivity contribution is 0.0399. The zero-order chi connectivity index (χ0) is 15.8. The number of ether oxygens (including phenoxy) is 1. The van der Waals surface area contributed by atoms with Crippen LogP contribution in [0.5, 0.6) is 5.75 Å². The summed E-state index contributed by atoms with van der Waals surface area (Å²) in [7, 11) is 0. The molecular formula is C14H18BrClN2O3. The number of carbonyl (C=O) groups is 1. The Balaban J connectivity index is 2.11. The minimum Gasteiger partial charge on any atom is -0.489 e. The molecule has 1 N–H and O–H groups in total. The van der Waals surface area contributed by atoms with Crippen LogP contribution in [-0.4, -0.2) is 38.8 Å². The van der Waals surface area contributed by atoms with Crippen molar-refractivity contribution in [1.82, 2.24) is 9.88 Å². The van der Waals surface area contributed by atoms with Crippen molar-refractivity contribution >= 4 is 33.6 Å². The van der Waals surface area contributed by atoms with Crippen LogP contribution < -0.4 is 4.74 Å². The first-order valence-corrected chi connectivity index (χ1v) is 7.80. The maximum Gasteiger partial charge on any atom is 0.408 e. The van der Waals surface area contributed by atoms with Crippen molar-refractivity contribution < 1.29 is 14.6 Å². The Bertz CT molecular complexity index is 556. The van der Waals surface area contributed by atoms with E-state index in [1.165, 1.54) is 11.1 Å². The minimum absolute atomic E-state index is 0.312. The summed E-state index contributed by atoms with van der Waals surface area (Å²) >= 11 is 9.12. The quantitative estimate of drug-likeness (QED) is 0.799. The van der Waals surface area contributed by atoms with Gasteiger partial charge in [0, 0.05) is 5.54 Å². The Morgan fingerprint density at radius 3 is 2.62 bits per heavy atom. The number of aromatic nitrogens is 1. The number of nitrogens with zero attached hydrogens (tertiary/aromatic N) is 2. The third-order valence-corrected chi connectivity index (χ3v) is 4.58. The van der Waals surface area contributed by atoms with E-state index in [1.807, 2.05) is 20.8 Å². The second-order valence-electron chi connectivity index (χ2n) is 6.25.